The summed E-state index contributed by atoms with van der Waals surface area (Å²) >= 11 is 0. The van der Waals surface area contributed by atoms with Crippen molar-refractivity contribution >= 4 is 5.82 Å². The fourth-order valence-electron chi connectivity index (χ4n) is 1.69. The molecule has 2 heterocycles. The Hall–Kier alpha value is -1.37. The van der Waals surface area contributed by atoms with Gasteiger partial charge in [-0.15, -0.1) is 0 Å². The van der Waals surface area contributed by atoms with Gasteiger partial charge in [-0.1, -0.05) is 0 Å². The molecule has 1 aliphatic rings. The molecule has 7 heteroatoms. The summed E-state index contributed by atoms with van der Waals surface area (Å²) in [5.74, 6) is 0.126. The molecule has 0 amide bonds. The van der Waals surface area contributed by atoms with Crippen molar-refractivity contribution in [3.8, 4) is 0 Å². The lowest BCUT2D eigenvalue weighted by Gasteiger charge is -2.50. The van der Waals surface area contributed by atoms with Crippen molar-refractivity contribution in [3.63, 3.8) is 0 Å². The van der Waals surface area contributed by atoms with Crippen molar-refractivity contribution in [2.45, 2.75) is 25.2 Å². The fraction of sp³-hybridized carbons (Fsp3) is 0.556. The van der Waals surface area contributed by atoms with Gasteiger partial charge >= 0.3 is 6.18 Å². The number of aliphatic hydroxyl groups is 1. The lowest BCUT2D eigenvalue weighted by molar-refractivity contribution is -0.279. The SMILES string of the molecule is Cc1cncnc1N1CCC1(O)C(F)(F)F. The summed E-state index contributed by atoms with van der Waals surface area (Å²) in [7, 11) is 0. The molecule has 0 saturated carbocycles. The molecule has 1 aromatic heterocycles. The number of nitrogens with zero attached hydrogens (tertiary/aromatic N) is 3. The highest BCUT2D eigenvalue weighted by molar-refractivity contribution is 5.50. The number of alkyl halides is 3. The van der Waals surface area contributed by atoms with Gasteiger partial charge in [-0.3, -0.25) is 0 Å². The van der Waals surface area contributed by atoms with E-state index in [1.165, 1.54) is 6.20 Å². The van der Waals surface area contributed by atoms with Gasteiger partial charge in [0.25, 0.3) is 0 Å². The maximum absolute atomic E-state index is 12.6. The minimum Gasteiger partial charge on any atom is -0.363 e. The minimum atomic E-state index is -4.68. The zero-order chi connectivity index (χ0) is 12.0. The first-order valence-corrected chi connectivity index (χ1v) is 4.69. The molecule has 1 N–H and O–H groups in total. The molecule has 4 nitrogen and oxygen atoms in total. The van der Waals surface area contributed by atoms with E-state index >= 15 is 0 Å². The van der Waals surface area contributed by atoms with Gasteiger partial charge in [0.15, 0.2) is 0 Å². The topological polar surface area (TPSA) is 49.2 Å². The first-order valence-electron chi connectivity index (χ1n) is 4.69. The highest BCUT2D eigenvalue weighted by atomic mass is 19.4. The molecule has 1 aromatic rings. The lowest BCUT2D eigenvalue weighted by Crippen LogP contribution is -2.68. The Morgan fingerprint density at radius 2 is 2.19 bits per heavy atom. The third kappa shape index (κ3) is 1.42. The quantitative estimate of drug-likeness (QED) is 0.793. The molecule has 2 rings (SSSR count). The minimum absolute atomic E-state index is 0.126. The van der Waals surface area contributed by atoms with E-state index in [1.807, 2.05) is 0 Å². The van der Waals surface area contributed by atoms with Crippen LogP contribution in [0.5, 0.6) is 0 Å². The Kier molecular flexibility index (Phi) is 2.30. The van der Waals surface area contributed by atoms with Gasteiger partial charge in [0, 0.05) is 24.7 Å². The van der Waals surface area contributed by atoms with E-state index in [0.717, 1.165) is 11.2 Å². The Balaban J connectivity index is 2.35. The number of aromatic nitrogens is 2. The van der Waals surface area contributed by atoms with E-state index in [1.54, 1.807) is 6.92 Å². The number of halogens is 3. The zero-order valence-corrected chi connectivity index (χ0v) is 8.49. The predicted octanol–water partition coefficient (Wildman–Crippen LogP) is 1.25. The fourth-order valence-corrected chi connectivity index (χ4v) is 1.69. The highest BCUT2D eigenvalue weighted by Gasteiger charge is 2.63. The standard InChI is InChI=1S/C9H10F3N3O/c1-6-4-13-5-14-7(6)15-3-2-8(15,16)9(10,11)12/h4-5,16H,2-3H2,1H3. The molecule has 16 heavy (non-hydrogen) atoms. The average Bonchev–Trinajstić information content (AvgIpc) is 2.17. The molecule has 1 aliphatic heterocycles. The van der Waals surface area contributed by atoms with Crippen LogP contribution in [0.1, 0.15) is 12.0 Å². The van der Waals surface area contributed by atoms with Crippen LogP contribution < -0.4 is 4.90 Å². The monoisotopic (exact) mass is 233 g/mol. The Morgan fingerprint density at radius 3 is 2.62 bits per heavy atom. The Bertz CT molecular complexity index is 409. The molecule has 0 bridgehead atoms. The molecule has 1 saturated heterocycles. The van der Waals surface area contributed by atoms with E-state index in [4.69, 9.17) is 0 Å². The van der Waals surface area contributed by atoms with Crippen LogP contribution in [0, 0.1) is 6.92 Å². The van der Waals surface area contributed by atoms with Gasteiger partial charge in [0.05, 0.1) is 0 Å². The average molecular weight is 233 g/mol. The van der Waals surface area contributed by atoms with Crippen LogP contribution in [0.2, 0.25) is 0 Å². The van der Waals surface area contributed by atoms with Gasteiger partial charge in [0.2, 0.25) is 5.72 Å². The van der Waals surface area contributed by atoms with Gasteiger partial charge < -0.3 is 10.0 Å². The van der Waals surface area contributed by atoms with Crippen LogP contribution in [-0.4, -0.2) is 33.5 Å². The van der Waals surface area contributed by atoms with E-state index in [-0.39, 0.29) is 18.8 Å². The maximum atomic E-state index is 12.6. The highest BCUT2D eigenvalue weighted by Crippen LogP contribution is 2.44. The van der Waals surface area contributed by atoms with E-state index in [9.17, 15) is 18.3 Å². The summed E-state index contributed by atoms with van der Waals surface area (Å²) in [4.78, 5) is 8.31. The van der Waals surface area contributed by atoms with E-state index in [2.05, 4.69) is 9.97 Å². The summed E-state index contributed by atoms with van der Waals surface area (Å²) in [6, 6.07) is 0. The van der Waals surface area contributed by atoms with Gasteiger partial charge in [-0.05, 0) is 6.92 Å². The van der Waals surface area contributed by atoms with Crippen molar-refractivity contribution in [2.24, 2.45) is 0 Å². The van der Waals surface area contributed by atoms with Gasteiger partial charge in [-0.25, -0.2) is 9.97 Å². The predicted molar refractivity (Wildman–Crippen MR) is 49.7 cm³/mol. The summed E-state index contributed by atoms with van der Waals surface area (Å²) in [5.41, 5.74) is -2.28. The van der Waals surface area contributed by atoms with Crippen LogP contribution in [0.4, 0.5) is 19.0 Å². The Morgan fingerprint density at radius 1 is 1.50 bits per heavy atom. The number of hydrogen-bond donors (Lipinski definition) is 1. The van der Waals surface area contributed by atoms with Gasteiger partial charge in [-0.2, -0.15) is 13.2 Å². The van der Waals surface area contributed by atoms with Crippen molar-refractivity contribution < 1.29 is 18.3 Å². The molecule has 88 valence electrons. The second-order valence-electron chi connectivity index (χ2n) is 3.75. The van der Waals surface area contributed by atoms with Crippen LogP contribution in [-0.2, 0) is 0 Å². The number of anilines is 1. The normalized spacial score (nSPS) is 25.4. The molecule has 0 radical (unpaired) electrons. The van der Waals surface area contributed by atoms with Gasteiger partial charge in [0.1, 0.15) is 12.1 Å². The maximum Gasteiger partial charge on any atom is 0.436 e. The summed E-state index contributed by atoms with van der Waals surface area (Å²) in [6.07, 6.45) is -2.43. The second-order valence-corrected chi connectivity index (χ2v) is 3.75. The molecule has 0 spiro atoms. The van der Waals surface area contributed by atoms with E-state index in [0.29, 0.717) is 5.56 Å². The second kappa shape index (κ2) is 3.31. The van der Waals surface area contributed by atoms with Crippen molar-refractivity contribution in [2.75, 3.05) is 11.4 Å². The summed E-state index contributed by atoms with van der Waals surface area (Å²) < 4.78 is 37.9. The summed E-state index contributed by atoms with van der Waals surface area (Å²) in [5, 5.41) is 9.52. The molecular weight excluding hydrogens is 223 g/mol. The molecular formula is C9H10F3N3O. The van der Waals surface area contributed by atoms with E-state index < -0.39 is 11.9 Å². The zero-order valence-electron chi connectivity index (χ0n) is 8.49. The lowest BCUT2D eigenvalue weighted by atomic mass is 9.97. The number of hydrogen-bond acceptors (Lipinski definition) is 4. The van der Waals surface area contributed by atoms with Crippen LogP contribution in [0.25, 0.3) is 0 Å². The smallest absolute Gasteiger partial charge is 0.363 e. The third-order valence-corrected chi connectivity index (χ3v) is 2.71. The largest absolute Gasteiger partial charge is 0.436 e. The molecule has 1 unspecified atom stereocenters. The first-order chi connectivity index (χ1) is 7.36. The van der Waals surface area contributed by atoms with Crippen molar-refractivity contribution in [3.05, 3.63) is 18.1 Å². The van der Waals surface area contributed by atoms with Crippen LogP contribution in [0.3, 0.4) is 0 Å². The summed E-state index contributed by atoms with van der Waals surface area (Å²) in [6.45, 7) is 1.73. The molecule has 0 aromatic carbocycles. The van der Waals surface area contributed by atoms with Crippen LogP contribution in [0.15, 0.2) is 12.5 Å². The molecule has 1 atom stereocenters. The van der Waals surface area contributed by atoms with Crippen molar-refractivity contribution in [1.82, 2.24) is 9.97 Å². The molecule has 0 aliphatic carbocycles. The first kappa shape index (κ1) is 11.1. The molecule has 1 fully saturated rings. The Labute approximate surface area is 89.7 Å². The van der Waals surface area contributed by atoms with Crippen LogP contribution >= 0.6 is 0 Å². The number of rotatable bonds is 1. The third-order valence-electron chi connectivity index (χ3n) is 2.71. The number of aryl methyl sites for hydroxylation is 1. The van der Waals surface area contributed by atoms with Crippen molar-refractivity contribution in [1.29, 1.82) is 0 Å².